The van der Waals surface area contributed by atoms with Gasteiger partial charge in [0.2, 0.25) is 0 Å². The summed E-state index contributed by atoms with van der Waals surface area (Å²) in [5.74, 6) is -0.269. The van der Waals surface area contributed by atoms with Gasteiger partial charge in [-0.25, -0.2) is 4.39 Å². The van der Waals surface area contributed by atoms with Crippen molar-refractivity contribution in [3.05, 3.63) is 47.6 Å². The molecule has 1 aromatic carbocycles. The van der Waals surface area contributed by atoms with Gasteiger partial charge in [0.1, 0.15) is 5.76 Å². The van der Waals surface area contributed by atoms with Crippen molar-refractivity contribution in [2.75, 3.05) is 45.9 Å². The molecule has 2 amide bonds. The fourth-order valence-corrected chi connectivity index (χ4v) is 2.91. The maximum absolute atomic E-state index is 13.4. The molecule has 1 N–H and O–H groups in total. The Morgan fingerprint density at radius 3 is 2.68 bits per heavy atom. The van der Waals surface area contributed by atoms with E-state index in [4.69, 9.17) is 9.26 Å². The van der Waals surface area contributed by atoms with Gasteiger partial charge in [-0.05, 0) is 19.1 Å². The van der Waals surface area contributed by atoms with Crippen molar-refractivity contribution in [2.45, 2.75) is 6.92 Å². The predicted molar refractivity (Wildman–Crippen MR) is 98.5 cm³/mol. The van der Waals surface area contributed by atoms with Crippen LogP contribution in [-0.2, 0) is 4.79 Å². The molecule has 8 nitrogen and oxygen atoms in total. The van der Waals surface area contributed by atoms with E-state index in [0.29, 0.717) is 50.7 Å². The van der Waals surface area contributed by atoms with Gasteiger partial charge < -0.3 is 19.5 Å². The Morgan fingerprint density at radius 2 is 2.00 bits per heavy atom. The number of para-hydroxylation sites is 1. The summed E-state index contributed by atoms with van der Waals surface area (Å²) in [6, 6.07) is 7.59. The summed E-state index contributed by atoms with van der Waals surface area (Å²) in [5, 5.41) is 6.51. The first-order valence-corrected chi connectivity index (χ1v) is 9.12. The highest BCUT2D eigenvalue weighted by molar-refractivity contribution is 5.92. The molecule has 1 fully saturated rings. The van der Waals surface area contributed by atoms with Gasteiger partial charge in [0.05, 0.1) is 0 Å². The predicted octanol–water partition coefficient (Wildman–Crippen LogP) is 1.08. The maximum atomic E-state index is 13.4. The van der Waals surface area contributed by atoms with Crippen molar-refractivity contribution in [1.29, 1.82) is 0 Å². The lowest BCUT2D eigenvalue weighted by atomic mass is 10.2. The van der Waals surface area contributed by atoms with Crippen LogP contribution < -0.4 is 10.1 Å². The van der Waals surface area contributed by atoms with Gasteiger partial charge in [-0.2, -0.15) is 0 Å². The van der Waals surface area contributed by atoms with Gasteiger partial charge in [-0.15, -0.1) is 0 Å². The Bertz CT molecular complexity index is 818. The summed E-state index contributed by atoms with van der Waals surface area (Å²) < 4.78 is 23.5. The minimum Gasteiger partial charge on any atom is -0.481 e. The van der Waals surface area contributed by atoms with E-state index < -0.39 is 5.82 Å². The van der Waals surface area contributed by atoms with Gasteiger partial charge in [-0.1, -0.05) is 17.3 Å². The zero-order valence-corrected chi connectivity index (χ0v) is 15.7. The Morgan fingerprint density at radius 1 is 1.25 bits per heavy atom. The van der Waals surface area contributed by atoms with Gasteiger partial charge in [0.15, 0.2) is 23.9 Å². The Balaban J connectivity index is 1.32. The Hall–Kier alpha value is -2.94. The van der Waals surface area contributed by atoms with Crippen LogP contribution in [0.1, 0.15) is 16.2 Å². The number of nitrogens with zero attached hydrogens (tertiary/aromatic N) is 3. The van der Waals surface area contributed by atoms with E-state index in [1.165, 1.54) is 12.1 Å². The molecule has 150 valence electrons. The van der Waals surface area contributed by atoms with Crippen LogP contribution in [0.2, 0.25) is 0 Å². The zero-order valence-electron chi connectivity index (χ0n) is 15.7. The first-order valence-electron chi connectivity index (χ1n) is 9.12. The zero-order chi connectivity index (χ0) is 19.9. The number of amides is 2. The second-order valence-electron chi connectivity index (χ2n) is 6.53. The number of benzene rings is 1. The van der Waals surface area contributed by atoms with Crippen molar-refractivity contribution in [3.8, 4) is 5.75 Å². The fourth-order valence-electron chi connectivity index (χ4n) is 2.91. The van der Waals surface area contributed by atoms with Crippen molar-refractivity contribution in [3.63, 3.8) is 0 Å². The molecule has 2 aromatic rings. The summed E-state index contributed by atoms with van der Waals surface area (Å²) in [7, 11) is 0. The number of hydrogen-bond donors (Lipinski definition) is 1. The highest BCUT2D eigenvalue weighted by Gasteiger charge is 2.24. The number of ether oxygens (including phenoxy) is 1. The van der Waals surface area contributed by atoms with Crippen LogP contribution in [0.5, 0.6) is 5.75 Å². The molecule has 28 heavy (non-hydrogen) atoms. The highest BCUT2D eigenvalue weighted by Crippen LogP contribution is 2.14. The van der Waals surface area contributed by atoms with Crippen LogP contribution in [0.25, 0.3) is 0 Å². The molecule has 1 aliphatic rings. The van der Waals surface area contributed by atoms with E-state index in [9.17, 15) is 14.0 Å². The molecule has 2 heterocycles. The van der Waals surface area contributed by atoms with E-state index in [0.717, 1.165) is 0 Å². The number of nitrogens with one attached hydrogen (secondary N) is 1. The molecule has 3 rings (SSSR count). The first-order chi connectivity index (χ1) is 13.5. The van der Waals surface area contributed by atoms with Crippen molar-refractivity contribution in [2.24, 2.45) is 0 Å². The van der Waals surface area contributed by atoms with E-state index in [2.05, 4.69) is 15.4 Å². The number of piperazine rings is 1. The molecular formula is C19H23FN4O4. The van der Waals surface area contributed by atoms with Gasteiger partial charge >= 0.3 is 0 Å². The Labute approximate surface area is 162 Å². The lowest BCUT2D eigenvalue weighted by Gasteiger charge is -2.34. The van der Waals surface area contributed by atoms with Crippen molar-refractivity contribution >= 4 is 11.8 Å². The lowest BCUT2D eigenvalue weighted by molar-refractivity contribution is -0.123. The molecule has 0 aliphatic carbocycles. The second kappa shape index (κ2) is 9.32. The SMILES string of the molecule is Cc1cc(C(=O)N2CCN(CCNC(=O)COc3ccccc3F)CC2)no1. The number of aryl methyl sites for hydroxylation is 1. The summed E-state index contributed by atoms with van der Waals surface area (Å²) in [4.78, 5) is 28.1. The topological polar surface area (TPSA) is 87.9 Å². The fraction of sp³-hybridized carbons (Fsp3) is 0.421. The van der Waals surface area contributed by atoms with E-state index in [1.807, 2.05) is 0 Å². The molecule has 0 radical (unpaired) electrons. The summed E-state index contributed by atoms with van der Waals surface area (Å²) >= 11 is 0. The summed E-state index contributed by atoms with van der Waals surface area (Å²) in [6.45, 7) is 5.24. The molecule has 1 aliphatic heterocycles. The van der Waals surface area contributed by atoms with Crippen LogP contribution in [0, 0.1) is 12.7 Å². The molecule has 0 saturated carbocycles. The number of halogens is 1. The summed E-state index contributed by atoms with van der Waals surface area (Å²) in [5.41, 5.74) is 0.327. The standard InChI is InChI=1S/C19H23FN4O4/c1-14-12-16(22-28-14)19(26)24-10-8-23(9-11-24)7-6-21-18(25)13-27-17-5-3-2-4-15(17)20/h2-5,12H,6-11,13H2,1H3,(H,21,25). The van der Waals surface area contributed by atoms with Crippen LogP contribution >= 0.6 is 0 Å². The molecule has 0 spiro atoms. The molecule has 1 aromatic heterocycles. The van der Waals surface area contributed by atoms with Crippen LogP contribution in [-0.4, -0.2) is 72.6 Å². The molecule has 1 saturated heterocycles. The van der Waals surface area contributed by atoms with Crippen LogP contribution in [0.15, 0.2) is 34.9 Å². The number of aromatic nitrogens is 1. The highest BCUT2D eigenvalue weighted by atomic mass is 19.1. The number of carbonyl (C=O) groups is 2. The third-order valence-electron chi connectivity index (χ3n) is 4.45. The largest absolute Gasteiger partial charge is 0.481 e. The van der Waals surface area contributed by atoms with Crippen molar-refractivity contribution < 1.29 is 23.2 Å². The van der Waals surface area contributed by atoms with E-state index >= 15 is 0 Å². The van der Waals surface area contributed by atoms with Crippen molar-refractivity contribution in [1.82, 2.24) is 20.3 Å². The number of carbonyl (C=O) groups excluding carboxylic acids is 2. The Kier molecular flexibility index (Phi) is 6.59. The minimum atomic E-state index is -0.497. The third kappa shape index (κ3) is 5.29. The molecule has 0 bridgehead atoms. The van der Waals surface area contributed by atoms with Gasteiger partial charge in [0, 0.05) is 45.3 Å². The molecule has 9 heteroatoms. The molecular weight excluding hydrogens is 367 g/mol. The summed E-state index contributed by atoms with van der Waals surface area (Å²) in [6.07, 6.45) is 0. The minimum absolute atomic E-state index is 0.0562. The quantitative estimate of drug-likeness (QED) is 0.761. The average Bonchev–Trinajstić information content (AvgIpc) is 3.14. The molecule has 0 unspecified atom stereocenters. The van der Waals surface area contributed by atoms with E-state index in [-0.39, 0.29) is 24.2 Å². The van der Waals surface area contributed by atoms with Crippen LogP contribution in [0.3, 0.4) is 0 Å². The number of rotatable bonds is 7. The van der Waals surface area contributed by atoms with Crippen LogP contribution in [0.4, 0.5) is 4.39 Å². The number of hydrogen-bond acceptors (Lipinski definition) is 6. The monoisotopic (exact) mass is 390 g/mol. The third-order valence-corrected chi connectivity index (χ3v) is 4.45. The lowest BCUT2D eigenvalue weighted by Crippen LogP contribution is -2.50. The molecule has 0 atom stereocenters. The second-order valence-corrected chi connectivity index (χ2v) is 6.53. The maximum Gasteiger partial charge on any atom is 0.276 e. The normalized spacial score (nSPS) is 14.7. The van der Waals surface area contributed by atoms with E-state index in [1.54, 1.807) is 30.0 Å². The van der Waals surface area contributed by atoms with Gasteiger partial charge in [-0.3, -0.25) is 14.5 Å². The first kappa shape index (κ1) is 19.8. The van der Waals surface area contributed by atoms with Gasteiger partial charge in [0.25, 0.3) is 11.8 Å². The smallest absolute Gasteiger partial charge is 0.276 e. The average molecular weight is 390 g/mol.